The number of benzene rings is 1. The standard InChI is InChI=1S/C20H20N2O5S3/c1-14-18(29-19(21-14)16-5-10-28-13-16)20(23)27-12-15-3-2-4-17(11-15)30(24,25)22-6-8-26-9-7-22/h2-5,10-11,13H,6-9,12H2,1H3. The fraction of sp³-hybridized carbons (Fsp3) is 0.300. The quantitative estimate of drug-likeness (QED) is 0.519. The van der Waals surface area contributed by atoms with Crippen LogP contribution >= 0.6 is 22.7 Å². The van der Waals surface area contributed by atoms with Crippen LogP contribution in [0.4, 0.5) is 0 Å². The number of thiazole rings is 1. The SMILES string of the molecule is Cc1nc(-c2ccsc2)sc1C(=O)OCc1cccc(S(=O)(=O)N2CCOCC2)c1. The molecule has 0 N–H and O–H groups in total. The molecule has 30 heavy (non-hydrogen) atoms. The fourth-order valence-electron chi connectivity index (χ4n) is 3.04. The first kappa shape index (κ1) is 21.1. The van der Waals surface area contributed by atoms with Crippen LogP contribution in [0.1, 0.15) is 20.9 Å². The van der Waals surface area contributed by atoms with Crippen molar-refractivity contribution in [1.29, 1.82) is 0 Å². The number of ether oxygens (including phenoxy) is 2. The summed E-state index contributed by atoms with van der Waals surface area (Å²) >= 11 is 2.86. The number of carbonyl (C=O) groups is 1. The van der Waals surface area contributed by atoms with E-state index in [0.29, 0.717) is 42.4 Å². The Kier molecular flexibility index (Phi) is 6.30. The van der Waals surface area contributed by atoms with Crippen molar-refractivity contribution in [3.63, 3.8) is 0 Å². The Bertz CT molecular complexity index is 1130. The van der Waals surface area contributed by atoms with E-state index in [2.05, 4.69) is 4.98 Å². The highest BCUT2D eigenvalue weighted by atomic mass is 32.2. The lowest BCUT2D eigenvalue weighted by atomic mass is 10.2. The topological polar surface area (TPSA) is 85.8 Å². The summed E-state index contributed by atoms with van der Waals surface area (Å²) in [7, 11) is -3.60. The molecular weight excluding hydrogens is 444 g/mol. The lowest BCUT2D eigenvalue weighted by Gasteiger charge is -2.26. The smallest absolute Gasteiger partial charge is 0.350 e. The van der Waals surface area contributed by atoms with Gasteiger partial charge >= 0.3 is 5.97 Å². The molecular formula is C20H20N2O5S3. The van der Waals surface area contributed by atoms with Crippen molar-refractivity contribution in [1.82, 2.24) is 9.29 Å². The van der Waals surface area contributed by atoms with Crippen LogP contribution in [0.5, 0.6) is 0 Å². The van der Waals surface area contributed by atoms with Crippen LogP contribution in [0.25, 0.3) is 10.6 Å². The Balaban J connectivity index is 1.45. The summed E-state index contributed by atoms with van der Waals surface area (Å²) in [5.74, 6) is -0.465. The number of nitrogens with zero attached hydrogens (tertiary/aromatic N) is 2. The van der Waals surface area contributed by atoms with E-state index in [0.717, 1.165) is 10.6 Å². The Morgan fingerprint density at radius 2 is 2.07 bits per heavy atom. The first-order valence-electron chi connectivity index (χ1n) is 9.29. The second kappa shape index (κ2) is 8.94. The molecule has 10 heteroatoms. The van der Waals surface area contributed by atoms with Crippen LogP contribution in [0.15, 0.2) is 46.0 Å². The molecule has 1 aliphatic rings. The molecule has 0 atom stereocenters. The molecule has 1 aromatic carbocycles. The lowest BCUT2D eigenvalue weighted by Crippen LogP contribution is -2.40. The van der Waals surface area contributed by atoms with Crippen molar-refractivity contribution in [2.45, 2.75) is 18.4 Å². The van der Waals surface area contributed by atoms with Gasteiger partial charge < -0.3 is 9.47 Å². The molecule has 1 saturated heterocycles. The van der Waals surface area contributed by atoms with Crippen LogP contribution in [0.3, 0.4) is 0 Å². The summed E-state index contributed by atoms with van der Waals surface area (Å²) in [6, 6.07) is 8.45. The number of carbonyl (C=O) groups excluding carboxylic acids is 1. The highest BCUT2D eigenvalue weighted by Gasteiger charge is 2.26. The van der Waals surface area contributed by atoms with Gasteiger partial charge in [-0.3, -0.25) is 0 Å². The molecule has 2 aromatic heterocycles. The average Bonchev–Trinajstić information content (AvgIpc) is 3.43. The lowest BCUT2D eigenvalue weighted by molar-refractivity contribution is 0.0477. The molecule has 0 amide bonds. The number of hydrogen-bond donors (Lipinski definition) is 0. The number of rotatable bonds is 6. The fourth-order valence-corrected chi connectivity index (χ4v) is 6.19. The molecule has 3 aromatic rings. The van der Waals surface area contributed by atoms with Crippen LogP contribution < -0.4 is 0 Å². The molecule has 0 unspecified atom stereocenters. The minimum absolute atomic E-state index is 0.0174. The normalized spacial score (nSPS) is 15.2. The van der Waals surface area contributed by atoms with E-state index in [-0.39, 0.29) is 11.5 Å². The van der Waals surface area contributed by atoms with Gasteiger partial charge in [-0.1, -0.05) is 12.1 Å². The summed E-state index contributed by atoms with van der Waals surface area (Å²) in [6.07, 6.45) is 0. The molecule has 3 heterocycles. The first-order valence-corrected chi connectivity index (χ1v) is 12.5. The third-order valence-electron chi connectivity index (χ3n) is 4.63. The summed E-state index contributed by atoms with van der Waals surface area (Å²) in [4.78, 5) is 17.7. The number of aryl methyl sites for hydroxylation is 1. The molecule has 158 valence electrons. The number of aromatic nitrogens is 1. The molecule has 1 aliphatic heterocycles. The van der Waals surface area contributed by atoms with Crippen molar-refractivity contribution in [3.05, 3.63) is 57.2 Å². The summed E-state index contributed by atoms with van der Waals surface area (Å²) in [6.45, 7) is 3.20. The Morgan fingerprint density at radius 1 is 1.27 bits per heavy atom. The predicted molar refractivity (Wildman–Crippen MR) is 115 cm³/mol. The summed E-state index contributed by atoms with van der Waals surface area (Å²) < 4.78 is 37.7. The van der Waals surface area contributed by atoms with E-state index in [1.807, 2.05) is 16.8 Å². The van der Waals surface area contributed by atoms with Gasteiger partial charge in [0.15, 0.2) is 0 Å². The van der Waals surface area contributed by atoms with Gasteiger partial charge in [0, 0.05) is 24.0 Å². The van der Waals surface area contributed by atoms with E-state index in [1.165, 1.54) is 15.6 Å². The highest BCUT2D eigenvalue weighted by Crippen LogP contribution is 2.30. The largest absolute Gasteiger partial charge is 0.457 e. The van der Waals surface area contributed by atoms with Gasteiger partial charge in [-0.05, 0) is 36.1 Å². The van der Waals surface area contributed by atoms with Gasteiger partial charge in [-0.15, -0.1) is 11.3 Å². The second-order valence-electron chi connectivity index (χ2n) is 6.69. The third-order valence-corrected chi connectivity index (χ3v) is 8.39. The van der Waals surface area contributed by atoms with E-state index in [1.54, 1.807) is 42.5 Å². The molecule has 4 rings (SSSR count). The van der Waals surface area contributed by atoms with Gasteiger partial charge in [-0.2, -0.15) is 15.6 Å². The molecule has 7 nitrogen and oxygen atoms in total. The van der Waals surface area contributed by atoms with Crippen molar-refractivity contribution in [3.8, 4) is 10.6 Å². The average molecular weight is 465 g/mol. The van der Waals surface area contributed by atoms with Gasteiger partial charge in [0.1, 0.15) is 16.5 Å². The summed E-state index contributed by atoms with van der Waals surface area (Å²) in [5.41, 5.74) is 2.21. The maximum atomic E-state index is 12.8. The molecule has 0 bridgehead atoms. The van der Waals surface area contributed by atoms with E-state index < -0.39 is 16.0 Å². The predicted octanol–water partition coefficient (Wildman–Crippen LogP) is 3.56. The molecule has 0 spiro atoms. The molecule has 1 fully saturated rings. The minimum Gasteiger partial charge on any atom is -0.457 e. The molecule has 0 saturated carbocycles. The van der Waals surface area contributed by atoms with E-state index in [9.17, 15) is 13.2 Å². The Morgan fingerprint density at radius 3 is 2.80 bits per heavy atom. The Hall–Kier alpha value is -2.11. The maximum Gasteiger partial charge on any atom is 0.350 e. The van der Waals surface area contributed by atoms with Crippen LogP contribution in [0, 0.1) is 6.92 Å². The van der Waals surface area contributed by atoms with Gasteiger partial charge in [-0.25, -0.2) is 18.2 Å². The molecule has 0 radical (unpaired) electrons. The van der Waals surface area contributed by atoms with Crippen molar-refractivity contribution in [2.75, 3.05) is 26.3 Å². The first-order chi connectivity index (χ1) is 14.4. The second-order valence-corrected chi connectivity index (χ2v) is 10.4. The van der Waals surface area contributed by atoms with Gasteiger partial charge in [0.05, 0.1) is 23.8 Å². The number of esters is 1. The number of hydrogen-bond acceptors (Lipinski definition) is 8. The van der Waals surface area contributed by atoms with Crippen LogP contribution in [-0.4, -0.2) is 50.0 Å². The minimum atomic E-state index is -3.60. The Labute approximate surface area is 183 Å². The maximum absolute atomic E-state index is 12.8. The van der Waals surface area contributed by atoms with E-state index >= 15 is 0 Å². The van der Waals surface area contributed by atoms with E-state index in [4.69, 9.17) is 9.47 Å². The third kappa shape index (κ3) is 4.47. The monoisotopic (exact) mass is 464 g/mol. The molecule has 0 aliphatic carbocycles. The summed E-state index contributed by atoms with van der Waals surface area (Å²) in [5, 5.41) is 4.72. The van der Waals surface area contributed by atoms with Gasteiger partial charge in [0.2, 0.25) is 10.0 Å². The zero-order valence-corrected chi connectivity index (χ0v) is 18.7. The van der Waals surface area contributed by atoms with Crippen molar-refractivity contribution in [2.24, 2.45) is 0 Å². The number of sulfonamides is 1. The number of thiophene rings is 1. The van der Waals surface area contributed by atoms with Crippen LogP contribution in [0.2, 0.25) is 0 Å². The number of morpholine rings is 1. The van der Waals surface area contributed by atoms with Gasteiger partial charge in [0.25, 0.3) is 0 Å². The zero-order valence-electron chi connectivity index (χ0n) is 16.2. The zero-order chi connectivity index (χ0) is 21.1. The van der Waals surface area contributed by atoms with Crippen LogP contribution in [-0.2, 0) is 26.1 Å². The highest BCUT2D eigenvalue weighted by molar-refractivity contribution is 7.89. The van der Waals surface area contributed by atoms with Crippen molar-refractivity contribution < 1.29 is 22.7 Å². The van der Waals surface area contributed by atoms with Crippen molar-refractivity contribution >= 4 is 38.7 Å².